The van der Waals surface area contributed by atoms with E-state index in [1.807, 2.05) is 11.8 Å². The molecule has 0 unspecified atom stereocenters. The maximum atomic E-state index is 6.25. The van der Waals surface area contributed by atoms with Crippen LogP contribution in [0.2, 0.25) is 5.02 Å². The van der Waals surface area contributed by atoms with E-state index >= 15 is 0 Å². The monoisotopic (exact) mass is 271 g/mol. The first-order valence-electron chi connectivity index (χ1n) is 6.39. The molecule has 1 rings (SSSR count). The standard InChI is InChI=1S/C14H22ClNS/c1-3-5-6-9-17-13-8-7-12(11-16-4-2)14(15)10-13/h7-8,10,16H,3-6,9,11H2,1-2H3. The van der Waals surface area contributed by atoms with Gasteiger partial charge in [0.05, 0.1) is 0 Å². The molecule has 0 aromatic heterocycles. The van der Waals surface area contributed by atoms with Crippen molar-refractivity contribution in [2.45, 2.75) is 44.6 Å². The summed E-state index contributed by atoms with van der Waals surface area (Å²) in [6.45, 7) is 6.17. The van der Waals surface area contributed by atoms with E-state index in [0.717, 1.165) is 18.1 Å². The Hall–Kier alpha value is -0.180. The molecule has 0 bridgehead atoms. The molecule has 1 aromatic rings. The van der Waals surface area contributed by atoms with Gasteiger partial charge in [0.15, 0.2) is 0 Å². The molecule has 0 atom stereocenters. The van der Waals surface area contributed by atoms with Crippen molar-refractivity contribution in [1.29, 1.82) is 0 Å². The molecule has 0 aliphatic carbocycles. The largest absolute Gasteiger partial charge is 0.313 e. The Morgan fingerprint density at radius 3 is 2.71 bits per heavy atom. The van der Waals surface area contributed by atoms with Crippen LogP contribution in [0, 0.1) is 0 Å². The average Bonchev–Trinajstić information content (AvgIpc) is 2.34. The molecule has 0 fully saturated rings. The van der Waals surface area contributed by atoms with Gasteiger partial charge in [0.1, 0.15) is 0 Å². The van der Waals surface area contributed by atoms with E-state index in [1.54, 1.807) is 0 Å². The maximum absolute atomic E-state index is 6.25. The molecule has 17 heavy (non-hydrogen) atoms. The minimum Gasteiger partial charge on any atom is -0.313 e. The molecule has 0 saturated heterocycles. The fourth-order valence-electron chi connectivity index (χ4n) is 1.56. The molecule has 1 N–H and O–H groups in total. The van der Waals surface area contributed by atoms with Gasteiger partial charge in [-0.1, -0.05) is 44.4 Å². The first-order valence-corrected chi connectivity index (χ1v) is 7.76. The highest BCUT2D eigenvalue weighted by Gasteiger charge is 2.02. The molecular weight excluding hydrogens is 250 g/mol. The van der Waals surface area contributed by atoms with Crippen molar-refractivity contribution >= 4 is 23.4 Å². The van der Waals surface area contributed by atoms with Crippen molar-refractivity contribution in [2.24, 2.45) is 0 Å². The third-order valence-electron chi connectivity index (χ3n) is 2.61. The van der Waals surface area contributed by atoms with Gasteiger partial charge in [0.2, 0.25) is 0 Å². The summed E-state index contributed by atoms with van der Waals surface area (Å²) in [5, 5.41) is 4.17. The lowest BCUT2D eigenvalue weighted by atomic mass is 10.2. The molecular formula is C14H22ClNS. The Kier molecular flexibility index (Phi) is 7.74. The van der Waals surface area contributed by atoms with Crippen LogP contribution in [0.3, 0.4) is 0 Å². The second-order valence-electron chi connectivity index (χ2n) is 4.09. The van der Waals surface area contributed by atoms with Gasteiger partial charge < -0.3 is 5.32 Å². The highest BCUT2D eigenvalue weighted by molar-refractivity contribution is 7.99. The quantitative estimate of drug-likeness (QED) is 0.542. The predicted octanol–water partition coefficient (Wildman–Crippen LogP) is 4.73. The SMILES string of the molecule is CCCCCSc1ccc(CNCC)c(Cl)c1. The zero-order valence-electron chi connectivity index (χ0n) is 10.8. The predicted molar refractivity (Wildman–Crippen MR) is 79.1 cm³/mol. The van der Waals surface area contributed by atoms with Crippen LogP contribution in [0.25, 0.3) is 0 Å². The lowest BCUT2D eigenvalue weighted by molar-refractivity contribution is 0.726. The minimum absolute atomic E-state index is 0.857. The number of hydrogen-bond acceptors (Lipinski definition) is 2. The lowest BCUT2D eigenvalue weighted by Crippen LogP contribution is -2.11. The summed E-state index contributed by atoms with van der Waals surface area (Å²) < 4.78 is 0. The molecule has 0 amide bonds. The summed E-state index contributed by atoms with van der Waals surface area (Å²) in [5.74, 6) is 1.19. The fraction of sp³-hybridized carbons (Fsp3) is 0.571. The molecule has 0 heterocycles. The molecule has 0 aliphatic heterocycles. The van der Waals surface area contributed by atoms with Gasteiger partial charge in [-0.2, -0.15) is 0 Å². The van der Waals surface area contributed by atoms with Crippen LogP contribution < -0.4 is 5.32 Å². The number of rotatable bonds is 8. The van der Waals surface area contributed by atoms with Gasteiger partial charge >= 0.3 is 0 Å². The van der Waals surface area contributed by atoms with E-state index in [1.165, 1.54) is 35.5 Å². The molecule has 1 aromatic carbocycles. The second kappa shape index (κ2) is 8.84. The lowest BCUT2D eigenvalue weighted by Gasteiger charge is -2.07. The highest BCUT2D eigenvalue weighted by atomic mass is 35.5. The van der Waals surface area contributed by atoms with Gasteiger partial charge in [-0.15, -0.1) is 11.8 Å². The number of benzene rings is 1. The Bertz CT molecular complexity index is 328. The normalized spacial score (nSPS) is 10.8. The van der Waals surface area contributed by atoms with Crippen molar-refractivity contribution < 1.29 is 0 Å². The number of nitrogens with one attached hydrogen (secondary N) is 1. The van der Waals surface area contributed by atoms with Crippen molar-refractivity contribution in [3.05, 3.63) is 28.8 Å². The third kappa shape index (κ3) is 5.80. The van der Waals surface area contributed by atoms with Crippen LogP contribution in [0.5, 0.6) is 0 Å². The third-order valence-corrected chi connectivity index (χ3v) is 4.04. The Balaban J connectivity index is 2.44. The van der Waals surface area contributed by atoms with E-state index in [2.05, 4.69) is 37.4 Å². The molecule has 96 valence electrons. The fourth-order valence-corrected chi connectivity index (χ4v) is 2.82. The van der Waals surface area contributed by atoms with Gasteiger partial charge in [-0.3, -0.25) is 0 Å². The van der Waals surface area contributed by atoms with E-state index in [0.29, 0.717) is 0 Å². The van der Waals surface area contributed by atoms with Crippen LogP contribution in [-0.4, -0.2) is 12.3 Å². The molecule has 0 saturated carbocycles. The van der Waals surface area contributed by atoms with Gasteiger partial charge in [0, 0.05) is 16.5 Å². The zero-order chi connectivity index (χ0) is 12.5. The van der Waals surface area contributed by atoms with Crippen molar-refractivity contribution in [1.82, 2.24) is 5.32 Å². The van der Waals surface area contributed by atoms with Crippen LogP contribution in [0.1, 0.15) is 38.7 Å². The number of halogens is 1. The average molecular weight is 272 g/mol. The van der Waals surface area contributed by atoms with E-state index < -0.39 is 0 Å². The van der Waals surface area contributed by atoms with Crippen LogP contribution in [0.15, 0.2) is 23.1 Å². The van der Waals surface area contributed by atoms with Gasteiger partial charge in [-0.25, -0.2) is 0 Å². The smallest absolute Gasteiger partial charge is 0.0462 e. The maximum Gasteiger partial charge on any atom is 0.0462 e. The second-order valence-corrected chi connectivity index (χ2v) is 5.66. The van der Waals surface area contributed by atoms with E-state index in [4.69, 9.17) is 11.6 Å². The van der Waals surface area contributed by atoms with Crippen LogP contribution >= 0.6 is 23.4 Å². The summed E-state index contributed by atoms with van der Waals surface area (Å²) in [5.41, 5.74) is 1.19. The van der Waals surface area contributed by atoms with E-state index in [-0.39, 0.29) is 0 Å². The Morgan fingerprint density at radius 1 is 1.24 bits per heavy atom. The van der Waals surface area contributed by atoms with Gasteiger partial charge in [-0.05, 0) is 36.4 Å². The van der Waals surface area contributed by atoms with E-state index in [9.17, 15) is 0 Å². The molecule has 3 heteroatoms. The number of unbranched alkanes of at least 4 members (excludes halogenated alkanes) is 2. The summed E-state index contributed by atoms with van der Waals surface area (Å²) in [4.78, 5) is 1.28. The Morgan fingerprint density at radius 2 is 2.06 bits per heavy atom. The highest BCUT2D eigenvalue weighted by Crippen LogP contribution is 2.25. The number of hydrogen-bond donors (Lipinski definition) is 1. The molecule has 0 spiro atoms. The summed E-state index contributed by atoms with van der Waals surface area (Å²) >= 11 is 8.15. The van der Waals surface area contributed by atoms with Crippen molar-refractivity contribution in [3.63, 3.8) is 0 Å². The topological polar surface area (TPSA) is 12.0 Å². The van der Waals surface area contributed by atoms with Gasteiger partial charge in [0.25, 0.3) is 0 Å². The van der Waals surface area contributed by atoms with Crippen molar-refractivity contribution in [3.8, 4) is 0 Å². The number of thioether (sulfide) groups is 1. The van der Waals surface area contributed by atoms with Crippen molar-refractivity contribution in [2.75, 3.05) is 12.3 Å². The van der Waals surface area contributed by atoms with Crippen LogP contribution in [0.4, 0.5) is 0 Å². The first-order chi connectivity index (χ1) is 8.27. The first kappa shape index (κ1) is 14.9. The summed E-state index contributed by atoms with van der Waals surface area (Å²) in [6.07, 6.45) is 3.89. The van der Waals surface area contributed by atoms with Crippen LogP contribution in [-0.2, 0) is 6.54 Å². The molecule has 0 radical (unpaired) electrons. The summed E-state index contributed by atoms with van der Waals surface area (Å²) in [6, 6.07) is 6.40. The summed E-state index contributed by atoms with van der Waals surface area (Å²) in [7, 11) is 0. The minimum atomic E-state index is 0.857. The zero-order valence-corrected chi connectivity index (χ0v) is 12.3. The molecule has 1 nitrogen and oxygen atoms in total. The Labute approximate surface area is 114 Å². The molecule has 0 aliphatic rings.